The van der Waals surface area contributed by atoms with Gasteiger partial charge in [0, 0.05) is 19.2 Å². The maximum absolute atomic E-state index is 13.3. The summed E-state index contributed by atoms with van der Waals surface area (Å²) in [6, 6.07) is -1.20. The third-order valence-corrected chi connectivity index (χ3v) is 10.8. The highest BCUT2D eigenvalue weighted by Gasteiger charge is 2.52. The lowest BCUT2D eigenvalue weighted by Gasteiger charge is -2.45. The van der Waals surface area contributed by atoms with E-state index in [2.05, 4.69) is 19.2 Å². The summed E-state index contributed by atoms with van der Waals surface area (Å²) >= 11 is 6.49. The Balaban J connectivity index is 0.0000106. The van der Waals surface area contributed by atoms with Crippen LogP contribution in [0.1, 0.15) is 130 Å². The number of likely N-dealkylation sites (N-methyl/N-ethyl adjacent to an activating group) is 1. The van der Waals surface area contributed by atoms with Crippen molar-refractivity contribution in [2.75, 3.05) is 19.8 Å². The van der Waals surface area contributed by atoms with Crippen LogP contribution in [0.5, 0.6) is 0 Å². The minimum atomic E-state index is -1.66. The fourth-order valence-electron chi connectivity index (χ4n) is 6.80. The minimum Gasteiger partial charge on any atom is -0.456 e. The van der Waals surface area contributed by atoms with Gasteiger partial charge in [0.15, 0.2) is 11.5 Å². The standard InChI is InChI=1S/C34H63ClN2O7S.ClH/c1-6-8-9-10-11-12-13-14-15-16-17-18-19-21-27(38)43-32-30(40)29(39)31(44-34(32)45(5)42)28(24(3)35)36-33(41)26-22-25(20-7-2)23-37(26)4;/h24-26,28-32,34,39-40H,6-23H2,1-5H3,(H,36,41);1H/t24-,25+,26-,28+,29+,30-,31+,32+,34-,45?;/m0./s1. The summed E-state index contributed by atoms with van der Waals surface area (Å²) < 4.78 is 24.3. The highest BCUT2D eigenvalue weighted by atomic mass is 35.5. The SMILES string of the molecule is CCCCCCCCCCCCCCCC(=O)O[C@@H]1[C@@H](O)[C@@H](O)[C@@H]([C@H](NC(=O)[C@@H]2C[C@@H](CCC)CN2C)[C@H](C)Cl)O[C@H]1S(C)=O.Cl. The van der Waals surface area contributed by atoms with Crippen molar-refractivity contribution >= 4 is 46.7 Å². The zero-order valence-electron chi connectivity index (χ0n) is 29.0. The van der Waals surface area contributed by atoms with E-state index in [1.807, 2.05) is 11.9 Å². The van der Waals surface area contributed by atoms with Crippen molar-refractivity contribution in [2.45, 2.75) is 177 Å². The molecule has 9 nitrogen and oxygen atoms in total. The molecule has 2 aliphatic heterocycles. The molecule has 1 amide bonds. The molecule has 0 spiro atoms. The summed E-state index contributed by atoms with van der Waals surface area (Å²) in [7, 11) is 0.255. The monoisotopic (exact) mass is 714 g/mol. The Morgan fingerprint density at radius 1 is 0.957 bits per heavy atom. The molecule has 0 saturated carbocycles. The molecule has 12 heteroatoms. The summed E-state index contributed by atoms with van der Waals surface area (Å²) in [5, 5.41) is 24.4. The Bertz CT molecular complexity index is 886. The maximum Gasteiger partial charge on any atom is 0.306 e. The molecule has 0 aromatic rings. The molecule has 10 atom stereocenters. The third kappa shape index (κ3) is 14.6. The average molecular weight is 716 g/mol. The van der Waals surface area contributed by atoms with Crippen molar-refractivity contribution in [3.8, 4) is 0 Å². The van der Waals surface area contributed by atoms with Crippen LogP contribution in [0.2, 0.25) is 0 Å². The number of carbonyl (C=O) groups is 2. The molecule has 0 aliphatic carbocycles. The molecular formula is C34H64Cl2N2O7S. The van der Waals surface area contributed by atoms with E-state index in [0.29, 0.717) is 12.3 Å². The predicted octanol–water partition coefficient (Wildman–Crippen LogP) is 5.86. The van der Waals surface area contributed by atoms with Crippen molar-refractivity contribution in [1.29, 1.82) is 0 Å². The van der Waals surface area contributed by atoms with E-state index in [0.717, 1.165) is 45.1 Å². The van der Waals surface area contributed by atoms with E-state index in [9.17, 15) is 24.0 Å². The molecule has 0 radical (unpaired) electrons. The third-order valence-electron chi connectivity index (χ3n) is 9.45. The van der Waals surface area contributed by atoms with Crippen LogP contribution in [0, 0.1) is 5.92 Å². The summed E-state index contributed by atoms with van der Waals surface area (Å²) in [6.07, 6.45) is 14.5. The number of rotatable bonds is 22. The molecule has 46 heavy (non-hydrogen) atoms. The molecule has 2 heterocycles. The van der Waals surface area contributed by atoms with Gasteiger partial charge in [-0.1, -0.05) is 97.3 Å². The largest absolute Gasteiger partial charge is 0.456 e. The van der Waals surface area contributed by atoms with Crippen LogP contribution in [0.4, 0.5) is 0 Å². The summed E-state index contributed by atoms with van der Waals surface area (Å²) in [5.41, 5.74) is -1.18. The number of esters is 1. The van der Waals surface area contributed by atoms with E-state index in [1.165, 1.54) is 64.0 Å². The zero-order chi connectivity index (χ0) is 33.4. The fourth-order valence-corrected chi connectivity index (χ4v) is 7.88. The molecule has 2 saturated heterocycles. The van der Waals surface area contributed by atoms with E-state index < -0.39 is 58.0 Å². The van der Waals surface area contributed by atoms with E-state index >= 15 is 0 Å². The number of nitrogens with zero attached hydrogens (tertiary/aromatic N) is 1. The minimum absolute atomic E-state index is 0. The number of carbonyl (C=O) groups excluding carboxylic acids is 2. The summed E-state index contributed by atoms with van der Waals surface area (Å²) in [6.45, 7) is 6.87. The number of likely N-dealkylation sites (tertiary alicyclic amines) is 1. The van der Waals surface area contributed by atoms with Crippen LogP contribution in [0.15, 0.2) is 0 Å². The zero-order valence-corrected chi connectivity index (χ0v) is 31.4. The van der Waals surface area contributed by atoms with Gasteiger partial charge in [0.25, 0.3) is 0 Å². The second-order valence-corrected chi connectivity index (χ2v) is 15.6. The Hall–Kier alpha value is -0.490. The van der Waals surface area contributed by atoms with Crippen LogP contribution < -0.4 is 5.32 Å². The van der Waals surface area contributed by atoms with Gasteiger partial charge in [-0.05, 0) is 39.2 Å². The first-order valence-corrected chi connectivity index (χ1v) is 19.7. The van der Waals surface area contributed by atoms with Gasteiger partial charge in [-0.2, -0.15) is 0 Å². The number of unbranched alkanes of at least 4 members (excludes halogenated alkanes) is 12. The van der Waals surface area contributed by atoms with Gasteiger partial charge in [0.05, 0.1) is 28.3 Å². The van der Waals surface area contributed by atoms with Crippen molar-refractivity contribution in [3.63, 3.8) is 0 Å². The highest BCUT2D eigenvalue weighted by molar-refractivity contribution is 7.84. The molecular weight excluding hydrogens is 651 g/mol. The number of halogens is 2. The number of hydrogen-bond donors (Lipinski definition) is 3. The lowest BCUT2D eigenvalue weighted by Crippen LogP contribution is -2.66. The van der Waals surface area contributed by atoms with Crippen LogP contribution in [-0.2, 0) is 29.9 Å². The van der Waals surface area contributed by atoms with Gasteiger partial charge in [-0.15, -0.1) is 24.0 Å². The molecule has 2 rings (SSSR count). The van der Waals surface area contributed by atoms with Crippen molar-refractivity contribution in [3.05, 3.63) is 0 Å². The van der Waals surface area contributed by atoms with Crippen molar-refractivity contribution in [2.24, 2.45) is 5.92 Å². The molecule has 0 bridgehead atoms. The van der Waals surface area contributed by atoms with Gasteiger partial charge in [-0.3, -0.25) is 18.7 Å². The molecule has 2 aliphatic rings. The number of amides is 1. The van der Waals surface area contributed by atoms with E-state index in [-0.39, 0.29) is 30.8 Å². The van der Waals surface area contributed by atoms with E-state index in [1.54, 1.807) is 6.92 Å². The summed E-state index contributed by atoms with van der Waals surface area (Å²) in [4.78, 5) is 28.0. The molecule has 3 N–H and O–H groups in total. The van der Waals surface area contributed by atoms with Crippen molar-refractivity contribution in [1.82, 2.24) is 10.2 Å². The molecule has 272 valence electrons. The summed E-state index contributed by atoms with van der Waals surface area (Å²) in [5.74, 6) is -0.310. The molecule has 0 aromatic carbocycles. The van der Waals surface area contributed by atoms with Crippen LogP contribution >= 0.6 is 24.0 Å². The Morgan fingerprint density at radius 3 is 2.00 bits per heavy atom. The highest BCUT2D eigenvalue weighted by Crippen LogP contribution is 2.31. The van der Waals surface area contributed by atoms with Gasteiger partial charge in [0.2, 0.25) is 5.91 Å². The number of aliphatic hydroxyl groups is 2. The second kappa shape index (κ2) is 23.8. The number of hydrogen-bond acceptors (Lipinski definition) is 8. The van der Waals surface area contributed by atoms with E-state index in [4.69, 9.17) is 21.1 Å². The number of ether oxygens (including phenoxy) is 2. The maximum atomic E-state index is 13.3. The molecule has 1 unspecified atom stereocenters. The Labute approximate surface area is 292 Å². The van der Waals surface area contributed by atoms with Gasteiger partial charge >= 0.3 is 5.97 Å². The fraction of sp³-hybridized carbons (Fsp3) is 0.941. The van der Waals surface area contributed by atoms with Crippen molar-refractivity contribution < 1.29 is 33.5 Å². The number of aliphatic hydroxyl groups excluding tert-OH is 2. The van der Waals surface area contributed by atoms with Crippen LogP contribution in [-0.4, -0.2) is 98.4 Å². The quantitative estimate of drug-likeness (QED) is 0.0724. The lowest BCUT2D eigenvalue weighted by atomic mass is 9.92. The number of alkyl halides is 1. The number of nitrogens with one attached hydrogen (secondary N) is 1. The molecule has 0 aromatic heterocycles. The predicted molar refractivity (Wildman–Crippen MR) is 189 cm³/mol. The smallest absolute Gasteiger partial charge is 0.306 e. The van der Waals surface area contributed by atoms with Crippen LogP contribution in [0.25, 0.3) is 0 Å². The molecule has 2 fully saturated rings. The normalized spacial score (nSPS) is 28.7. The topological polar surface area (TPSA) is 125 Å². The Morgan fingerprint density at radius 2 is 1.50 bits per heavy atom. The van der Waals surface area contributed by atoms with Gasteiger partial charge in [0.1, 0.15) is 18.3 Å². The first kappa shape index (κ1) is 43.5. The van der Waals surface area contributed by atoms with Gasteiger partial charge < -0.3 is 25.0 Å². The average Bonchev–Trinajstić information content (AvgIpc) is 3.36. The first-order valence-electron chi connectivity index (χ1n) is 17.7. The first-order chi connectivity index (χ1) is 21.5. The van der Waals surface area contributed by atoms with Gasteiger partial charge in [-0.25, -0.2) is 0 Å². The lowest BCUT2D eigenvalue weighted by molar-refractivity contribution is -0.219. The Kier molecular flexibility index (Phi) is 22.5. The second-order valence-electron chi connectivity index (χ2n) is 13.5. The van der Waals surface area contributed by atoms with Crippen LogP contribution in [0.3, 0.4) is 0 Å².